The Kier molecular flexibility index (Phi) is 4.38. The second-order valence-electron chi connectivity index (χ2n) is 6.86. The number of urea groups is 1. The lowest BCUT2D eigenvalue weighted by molar-refractivity contribution is 0.121. The lowest BCUT2D eigenvalue weighted by atomic mass is 9.72. The van der Waals surface area contributed by atoms with Crippen LogP contribution < -0.4 is 5.32 Å². The Balaban J connectivity index is 1.33. The summed E-state index contributed by atoms with van der Waals surface area (Å²) < 4.78 is 18.4. The Bertz CT molecular complexity index is 734. The van der Waals surface area contributed by atoms with Gasteiger partial charge in [-0.2, -0.15) is 0 Å². The van der Waals surface area contributed by atoms with Crippen LogP contribution in [0, 0.1) is 17.7 Å². The van der Waals surface area contributed by atoms with Gasteiger partial charge in [-0.3, -0.25) is 5.32 Å². The van der Waals surface area contributed by atoms with Crippen molar-refractivity contribution in [2.75, 3.05) is 18.4 Å². The summed E-state index contributed by atoms with van der Waals surface area (Å²) >= 11 is 0. The van der Waals surface area contributed by atoms with Gasteiger partial charge in [0.1, 0.15) is 5.82 Å². The molecule has 7 heteroatoms. The lowest BCUT2D eigenvalue weighted by Crippen LogP contribution is -2.43. The minimum atomic E-state index is -0.331. The summed E-state index contributed by atoms with van der Waals surface area (Å²) in [6.07, 6.45) is 6.21. The Labute approximate surface area is 145 Å². The maximum absolute atomic E-state index is 13.0. The van der Waals surface area contributed by atoms with Gasteiger partial charge in [-0.15, -0.1) is 5.10 Å². The molecule has 1 aliphatic carbocycles. The summed E-state index contributed by atoms with van der Waals surface area (Å²) in [7, 11) is 0. The number of nitrogens with zero attached hydrogens (tertiary/aromatic N) is 3. The molecular weight excluding hydrogens is 323 g/mol. The Morgan fingerprint density at radius 3 is 2.40 bits per heavy atom. The van der Waals surface area contributed by atoms with Gasteiger partial charge < -0.3 is 9.32 Å². The summed E-state index contributed by atoms with van der Waals surface area (Å²) in [4.78, 5) is 14.2. The number of aromatic nitrogens is 2. The van der Waals surface area contributed by atoms with Gasteiger partial charge in [0.25, 0.3) is 0 Å². The highest BCUT2D eigenvalue weighted by Gasteiger charge is 2.31. The van der Waals surface area contributed by atoms with Crippen molar-refractivity contribution >= 4 is 12.0 Å². The van der Waals surface area contributed by atoms with Crippen LogP contribution >= 0.6 is 0 Å². The number of amides is 2. The number of carbonyl (C=O) groups is 1. The Morgan fingerprint density at radius 1 is 1.08 bits per heavy atom. The molecule has 1 aromatic heterocycles. The van der Waals surface area contributed by atoms with Gasteiger partial charge in [-0.25, -0.2) is 9.18 Å². The van der Waals surface area contributed by atoms with Crippen molar-refractivity contribution in [1.29, 1.82) is 0 Å². The van der Waals surface area contributed by atoms with E-state index >= 15 is 0 Å². The zero-order valence-electron chi connectivity index (χ0n) is 13.9. The molecule has 2 amide bonds. The second-order valence-corrected chi connectivity index (χ2v) is 6.86. The highest BCUT2D eigenvalue weighted by atomic mass is 19.1. The van der Waals surface area contributed by atoms with Crippen LogP contribution in [0.5, 0.6) is 0 Å². The predicted octanol–water partition coefficient (Wildman–Crippen LogP) is 3.92. The minimum Gasteiger partial charge on any atom is -0.403 e. The number of rotatable bonds is 3. The molecule has 25 heavy (non-hydrogen) atoms. The minimum absolute atomic E-state index is 0.0606. The number of hydrogen-bond acceptors (Lipinski definition) is 4. The van der Waals surface area contributed by atoms with E-state index in [1.165, 1.54) is 31.4 Å². The van der Waals surface area contributed by atoms with Gasteiger partial charge in [0.05, 0.1) is 0 Å². The van der Waals surface area contributed by atoms with Crippen molar-refractivity contribution in [3.05, 3.63) is 30.1 Å². The first kappa shape index (κ1) is 16.1. The predicted molar refractivity (Wildman–Crippen MR) is 90.3 cm³/mol. The van der Waals surface area contributed by atoms with Gasteiger partial charge in [0.2, 0.25) is 5.89 Å². The average molecular weight is 344 g/mol. The number of piperidine rings is 1. The molecular formula is C18H21FN4O2. The van der Waals surface area contributed by atoms with Gasteiger partial charge in [0.15, 0.2) is 0 Å². The molecule has 4 rings (SSSR count). The molecule has 1 aromatic carbocycles. The van der Waals surface area contributed by atoms with E-state index in [-0.39, 0.29) is 23.8 Å². The quantitative estimate of drug-likeness (QED) is 0.916. The number of anilines is 1. The number of likely N-dealkylation sites (tertiary alicyclic amines) is 1. The van der Waals surface area contributed by atoms with E-state index in [9.17, 15) is 9.18 Å². The molecule has 1 saturated heterocycles. The third-order valence-corrected chi connectivity index (χ3v) is 5.37. The average Bonchev–Trinajstić information content (AvgIpc) is 3.03. The van der Waals surface area contributed by atoms with Crippen molar-refractivity contribution in [2.45, 2.75) is 32.1 Å². The molecule has 6 nitrogen and oxygen atoms in total. The van der Waals surface area contributed by atoms with Crippen molar-refractivity contribution in [1.82, 2.24) is 15.1 Å². The van der Waals surface area contributed by atoms with E-state index in [0.717, 1.165) is 37.8 Å². The van der Waals surface area contributed by atoms with E-state index < -0.39 is 0 Å². The van der Waals surface area contributed by atoms with Crippen LogP contribution in [0.25, 0.3) is 11.5 Å². The van der Waals surface area contributed by atoms with Gasteiger partial charge >= 0.3 is 12.0 Å². The summed E-state index contributed by atoms with van der Waals surface area (Å²) in [6.45, 7) is 1.54. The van der Waals surface area contributed by atoms with E-state index in [1.54, 1.807) is 17.0 Å². The normalized spacial score (nSPS) is 18.8. The summed E-state index contributed by atoms with van der Waals surface area (Å²) in [5, 5.41) is 10.4. The fourth-order valence-corrected chi connectivity index (χ4v) is 3.64. The maximum atomic E-state index is 13.0. The Hall–Kier alpha value is -2.44. The molecule has 0 unspecified atom stereocenters. The van der Waals surface area contributed by atoms with E-state index in [4.69, 9.17) is 4.42 Å². The van der Waals surface area contributed by atoms with E-state index in [0.29, 0.717) is 5.56 Å². The van der Waals surface area contributed by atoms with Crippen molar-refractivity contribution in [2.24, 2.45) is 11.8 Å². The van der Waals surface area contributed by atoms with Gasteiger partial charge in [-0.05, 0) is 48.9 Å². The zero-order valence-corrected chi connectivity index (χ0v) is 13.9. The molecule has 0 atom stereocenters. The third kappa shape index (κ3) is 3.50. The first-order chi connectivity index (χ1) is 12.2. The molecule has 132 valence electrons. The lowest BCUT2D eigenvalue weighted by Gasteiger charge is -2.39. The van der Waals surface area contributed by atoms with Crippen LogP contribution in [0.4, 0.5) is 15.2 Å². The molecule has 2 aromatic rings. The molecule has 0 bridgehead atoms. The smallest absolute Gasteiger partial charge is 0.325 e. The Morgan fingerprint density at radius 2 is 1.76 bits per heavy atom. The topological polar surface area (TPSA) is 71.3 Å². The SMILES string of the molecule is O=C(Nc1nnc(-c2ccc(F)cc2)o1)N1CCC(C2CCC2)CC1. The van der Waals surface area contributed by atoms with Crippen LogP contribution in [0.15, 0.2) is 28.7 Å². The van der Waals surface area contributed by atoms with E-state index in [1.807, 2.05) is 0 Å². The van der Waals surface area contributed by atoms with Crippen LogP contribution in [-0.4, -0.2) is 34.2 Å². The van der Waals surface area contributed by atoms with Crippen LogP contribution in [0.2, 0.25) is 0 Å². The molecule has 0 spiro atoms. The number of hydrogen-bond donors (Lipinski definition) is 1. The molecule has 0 radical (unpaired) electrons. The van der Waals surface area contributed by atoms with Gasteiger partial charge in [-0.1, -0.05) is 24.4 Å². The molecule has 1 N–H and O–H groups in total. The summed E-state index contributed by atoms with van der Waals surface area (Å²) in [5.41, 5.74) is 0.607. The number of halogens is 1. The monoisotopic (exact) mass is 344 g/mol. The number of nitrogens with one attached hydrogen (secondary N) is 1. The molecule has 1 aliphatic heterocycles. The first-order valence-electron chi connectivity index (χ1n) is 8.84. The zero-order chi connectivity index (χ0) is 17.2. The largest absolute Gasteiger partial charge is 0.403 e. The fraction of sp³-hybridized carbons (Fsp3) is 0.500. The van der Waals surface area contributed by atoms with Crippen LogP contribution in [0.1, 0.15) is 32.1 Å². The summed E-state index contributed by atoms with van der Waals surface area (Å²) in [5.74, 6) is 1.56. The van der Waals surface area contributed by atoms with Crippen LogP contribution in [0.3, 0.4) is 0 Å². The highest BCUT2D eigenvalue weighted by Crippen LogP contribution is 2.38. The van der Waals surface area contributed by atoms with Crippen molar-refractivity contribution < 1.29 is 13.6 Å². The van der Waals surface area contributed by atoms with Gasteiger partial charge in [0, 0.05) is 18.7 Å². The van der Waals surface area contributed by atoms with Crippen molar-refractivity contribution in [3.63, 3.8) is 0 Å². The molecule has 2 heterocycles. The fourth-order valence-electron chi connectivity index (χ4n) is 3.64. The van der Waals surface area contributed by atoms with Crippen LogP contribution in [-0.2, 0) is 0 Å². The third-order valence-electron chi connectivity index (χ3n) is 5.37. The second kappa shape index (κ2) is 6.82. The van der Waals surface area contributed by atoms with Crippen molar-refractivity contribution in [3.8, 4) is 11.5 Å². The molecule has 2 fully saturated rings. The number of benzene rings is 1. The maximum Gasteiger partial charge on any atom is 0.325 e. The standard InChI is InChI=1S/C18H21FN4O2/c19-15-6-4-14(5-7-15)16-21-22-17(25-16)20-18(24)23-10-8-13(9-11-23)12-2-1-3-12/h4-7,12-13H,1-3,8-11H2,(H,20,22,24). The van der Waals surface area contributed by atoms with E-state index in [2.05, 4.69) is 15.5 Å². The summed E-state index contributed by atoms with van der Waals surface area (Å²) in [6, 6.07) is 5.61. The molecule has 2 aliphatic rings. The first-order valence-corrected chi connectivity index (χ1v) is 8.84. The highest BCUT2D eigenvalue weighted by molar-refractivity contribution is 5.87. The number of carbonyl (C=O) groups excluding carboxylic acids is 1. The molecule has 1 saturated carbocycles.